The minimum atomic E-state index is -3.60. The smallest absolute Gasteiger partial charge is 0.324 e. The minimum absolute atomic E-state index is 0.0871. The maximum Gasteiger partial charge on any atom is 0.324 e. The van der Waals surface area contributed by atoms with E-state index in [1.807, 2.05) is 18.2 Å². The number of alkyl halides is 2. The molecule has 0 aliphatic carbocycles. The number of methoxy groups -OCH3 is 1. The Morgan fingerprint density at radius 2 is 1.81 bits per heavy atom. The second-order valence-corrected chi connectivity index (χ2v) is 8.29. The topological polar surface area (TPSA) is 88.1 Å². The highest BCUT2D eigenvalue weighted by molar-refractivity contribution is 6.47. The van der Waals surface area contributed by atoms with Crippen LogP contribution in [0.1, 0.15) is 25.0 Å². The average Bonchev–Trinajstić information content (AvgIpc) is 3.24. The molecule has 0 radical (unpaired) electrons. The highest BCUT2D eigenvalue weighted by atomic mass is 19.3. The van der Waals surface area contributed by atoms with Gasteiger partial charge in [-0.1, -0.05) is 0 Å². The molecule has 0 unspecified atom stereocenters. The van der Waals surface area contributed by atoms with Gasteiger partial charge in [0.25, 0.3) is 5.71 Å². The van der Waals surface area contributed by atoms with Crippen molar-refractivity contribution in [1.29, 1.82) is 0 Å². The van der Waals surface area contributed by atoms with Gasteiger partial charge in [-0.3, -0.25) is 9.59 Å². The summed E-state index contributed by atoms with van der Waals surface area (Å²) in [6, 6.07) is 15.6. The SMILES string of the molecule is COc1ccc(/C(C(C)=NC(=O)C(C)(F)F)=[N+]2/N=Cc3cc(Nc4ccc(=O)n(C)c4)ccc32)cc1. The molecule has 3 aromatic rings. The van der Waals surface area contributed by atoms with Crippen LogP contribution >= 0.6 is 0 Å². The lowest BCUT2D eigenvalue weighted by Crippen LogP contribution is -2.27. The number of rotatable bonds is 6. The van der Waals surface area contributed by atoms with Gasteiger partial charge in [0.2, 0.25) is 11.2 Å². The molecule has 0 bridgehead atoms. The first-order valence-corrected chi connectivity index (χ1v) is 11.0. The Kier molecular flexibility index (Phi) is 6.61. The zero-order valence-corrected chi connectivity index (χ0v) is 20.1. The van der Waals surface area contributed by atoms with Crippen molar-refractivity contribution in [3.63, 3.8) is 0 Å². The number of hydrazone groups is 1. The van der Waals surface area contributed by atoms with Crippen LogP contribution in [0.5, 0.6) is 5.75 Å². The number of halogens is 2. The van der Waals surface area contributed by atoms with Crippen molar-refractivity contribution in [2.75, 3.05) is 12.4 Å². The lowest BCUT2D eigenvalue weighted by atomic mass is 10.1. The van der Waals surface area contributed by atoms with E-state index in [0.29, 0.717) is 29.6 Å². The molecule has 0 saturated carbocycles. The fourth-order valence-electron chi connectivity index (χ4n) is 3.66. The number of amides is 1. The van der Waals surface area contributed by atoms with Gasteiger partial charge in [-0.2, -0.15) is 8.78 Å². The fourth-order valence-corrected chi connectivity index (χ4v) is 3.66. The van der Waals surface area contributed by atoms with E-state index in [1.54, 1.807) is 54.5 Å². The highest BCUT2D eigenvalue weighted by Gasteiger charge is 2.35. The van der Waals surface area contributed by atoms with Crippen LogP contribution in [0.2, 0.25) is 0 Å². The number of aromatic nitrogens is 1. The van der Waals surface area contributed by atoms with Crippen LogP contribution in [0.25, 0.3) is 0 Å². The molecule has 0 spiro atoms. The molecule has 0 fully saturated rings. The quantitative estimate of drug-likeness (QED) is 0.411. The molecule has 1 N–H and O–H groups in total. The number of benzene rings is 2. The van der Waals surface area contributed by atoms with Crippen molar-refractivity contribution >= 4 is 40.6 Å². The van der Waals surface area contributed by atoms with E-state index in [4.69, 9.17) is 4.74 Å². The Balaban J connectivity index is 1.78. The Labute approximate surface area is 205 Å². The van der Waals surface area contributed by atoms with Crippen LogP contribution in [0.15, 0.2) is 75.7 Å². The van der Waals surface area contributed by atoms with E-state index in [2.05, 4.69) is 15.4 Å². The van der Waals surface area contributed by atoms with Gasteiger partial charge in [0.05, 0.1) is 23.9 Å². The number of anilines is 2. The summed E-state index contributed by atoms with van der Waals surface area (Å²) in [6.45, 7) is 2.01. The molecule has 1 aliphatic rings. The number of aryl methyl sites for hydroxylation is 1. The Hall–Kier alpha value is -4.47. The van der Waals surface area contributed by atoms with Gasteiger partial charge in [0, 0.05) is 38.0 Å². The van der Waals surface area contributed by atoms with Gasteiger partial charge >= 0.3 is 11.8 Å². The van der Waals surface area contributed by atoms with Gasteiger partial charge in [0.1, 0.15) is 17.7 Å². The molecule has 36 heavy (non-hydrogen) atoms. The highest BCUT2D eigenvalue weighted by Crippen LogP contribution is 2.29. The van der Waals surface area contributed by atoms with Crippen molar-refractivity contribution in [3.05, 3.63) is 82.3 Å². The van der Waals surface area contributed by atoms with Gasteiger partial charge in [-0.05, 0) is 59.2 Å². The van der Waals surface area contributed by atoms with Crippen molar-refractivity contribution in [2.45, 2.75) is 19.8 Å². The van der Waals surface area contributed by atoms with E-state index < -0.39 is 11.8 Å². The molecule has 2 aromatic carbocycles. The largest absolute Gasteiger partial charge is 0.497 e. The summed E-state index contributed by atoms with van der Waals surface area (Å²) < 4.78 is 35.4. The Bertz CT molecular complexity index is 1480. The molecular weight excluding hydrogens is 468 g/mol. The van der Waals surface area contributed by atoms with Crippen LogP contribution in [0.3, 0.4) is 0 Å². The van der Waals surface area contributed by atoms with Crippen molar-refractivity contribution in [1.82, 2.24) is 4.57 Å². The number of hydrogen-bond donors (Lipinski definition) is 1. The van der Waals surface area contributed by atoms with E-state index in [0.717, 1.165) is 16.9 Å². The number of nitrogens with zero attached hydrogens (tertiary/aromatic N) is 4. The summed E-state index contributed by atoms with van der Waals surface area (Å²) in [6.07, 6.45) is 3.32. The molecule has 2 heterocycles. The predicted molar refractivity (Wildman–Crippen MR) is 135 cm³/mol. The van der Waals surface area contributed by atoms with Gasteiger partial charge in [0.15, 0.2) is 0 Å². The lowest BCUT2D eigenvalue weighted by Gasteiger charge is -2.09. The first-order valence-electron chi connectivity index (χ1n) is 11.0. The number of nitrogens with one attached hydrogen (secondary N) is 1. The number of hydrogen-bond acceptors (Lipinski definition) is 5. The van der Waals surface area contributed by atoms with Crippen molar-refractivity contribution in [2.24, 2.45) is 17.1 Å². The third-order valence-electron chi connectivity index (χ3n) is 5.51. The second kappa shape index (κ2) is 9.65. The van der Waals surface area contributed by atoms with E-state index in [-0.39, 0.29) is 11.3 Å². The molecule has 0 saturated heterocycles. The number of fused-ring (bicyclic) bond motifs is 1. The molecule has 10 heteroatoms. The number of aliphatic imine (C=N–C) groups is 1. The maximum atomic E-state index is 13.6. The normalized spacial score (nSPS) is 14.4. The summed E-state index contributed by atoms with van der Waals surface area (Å²) in [5, 5.41) is 7.72. The van der Waals surface area contributed by atoms with Crippen LogP contribution in [0.4, 0.5) is 25.8 Å². The standard InChI is InChI=1S/C26H23F2N5O3/c1-16(30-25(35)26(2,27)28)24(17-5-9-21(36-4)10-6-17)33-22-11-7-19(13-18(22)14-29-33)31-20-8-12-23(34)32(3)15-20/h5-15H,1-4H3/p+1. The Morgan fingerprint density at radius 3 is 2.44 bits per heavy atom. The van der Waals surface area contributed by atoms with Crippen LogP contribution in [-0.2, 0) is 11.8 Å². The molecule has 1 amide bonds. The predicted octanol–water partition coefficient (Wildman–Crippen LogP) is 4.26. The molecule has 4 rings (SSSR count). The summed E-state index contributed by atoms with van der Waals surface area (Å²) in [5.74, 6) is -4.52. The lowest BCUT2D eigenvalue weighted by molar-refractivity contribution is -0.438. The zero-order valence-electron chi connectivity index (χ0n) is 20.1. The first kappa shape index (κ1) is 24.6. The van der Waals surface area contributed by atoms with E-state index in [9.17, 15) is 18.4 Å². The van der Waals surface area contributed by atoms with E-state index >= 15 is 0 Å². The first-order chi connectivity index (χ1) is 17.1. The van der Waals surface area contributed by atoms with Crippen LogP contribution < -0.4 is 15.6 Å². The fraction of sp³-hybridized carbons (Fsp3) is 0.192. The Morgan fingerprint density at radius 1 is 1.11 bits per heavy atom. The third-order valence-corrected chi connectivity index (χ3v) is 5.51. The van der Waals surface area contributed by atoms with Crippen LogP contribution in [-0.4, -0.2) is 45.8 Å². The summed E-state index contributed by atoms with van der Waals surface area (Å²) in [5.41, 5.74) is 3.90. The summed E-state index contributed by atoms with van der Waals surface area (Å²) in [7, 11) is 3.20. The minimum Gasteiger partial charge on any atom is -0.497 e. The van der Waals surface area contributed by atoms with Gasteiger partial charge in [-0.25, -0.2) is 4.99 Å². The van der Waals surface area contributed by atoms with Crippen molar-refractivity contribution < 1.29 is 23.0 Å². The molecule has 0 atom stereocenters. The molecule has 1 aromatic heterocycles. The van der Waals surface area contributed by atoms with Crippen LogP contribution in [0, 0.1) is 0 Å². The molecule has 8 nitrogen and oxygen atoms in total. The van der Waals surface area contributed by atoms with Gasteiger partial charge in [-0.15, -0.1) is 0 Å². The summed E-state index contributed by atoms with van der Waals surface area (Å²) >= 11 is 0. The molecular formula is C26H24F2N5O3+. The monoisotopic (exact) mass is 492 g/mol. The van der Waals surface area contributed by atoms with Gasteiger partial charge < -0.3 is 14.6 Å². The second-order valence-electron chi connectivity index (χ2n) is 8.29. The summed E-state index contributed by atoms with van der Waals surface area (Å²) in [4.78, 5) is 27.3. The number of ether oxygens (including phenoxy) is 1. The maximum absolute atomic E-state index is 13.6. The average molecular weight is 493 g/mol. The number of pyridine rings is 1. The molecule has 184 valence electrons. The molecule has 1 aliphatic heterocycles. The number of carbonyl (C=O) groups is 1. The third kappa shape index (κ3) is 5.12. The van der Waals surface area contributed by atoms with Crippen molar-refractivity contribution in [3.8, 4) is 5.75 Å². The zero-order chi connectivity index (χ0) is 26.0. The number of carbonyl (C=O) groups excluding carboxylic acids is 1. The van der Waals surface area contributed by atoms with E-state index in [1.165, 1.54) is 24.7 Å².